The van der Waals surface area contributed by atoms with Crippen LogP contribution >= 0.6 is 20.2 Å². The molecule has 6 unspecified atom stereocenters. The van der Waals surface area contributed by atoms with Crippen LogP contribution in [0.3, 0.4) is 0 Å². The molecule has 0 bridgehead atoms. The Morgan fingerprint density at radius 2 is 0.721 bits per heavy atom. The van der Waals surface area contributed by atoms with Gasteiger partial charge in [0.25, 0.3) is 0 Å². The van der Waals surface area contributed by atoms with Crippen LogP contribution in [0.25, 0.3) is 0 Å². The van der Waals surface area contributed by atoms with Gasteiger partial charge in [-0.2, -0.15) is 15.3 Å². The first-order valence-corrected chi connectivity index (χ1v) is 19.8. The summed E-state index contributed by atoms with van der Waals surface area (Å²) in [7, 11) is 9.59. The van der Waals surface area contributed by atoms with Crippen LogP contribution in [0.4, 0.5) is 0 Å². The van der Waals surface area contributed by atoms with Crippen LogP contribution in [0.1, 0.15) is 191 Å². The van der Waals surface area contributed by atoms with Gasteiger partial charge in [-0.3, -0.25) is 14.0 Å². The van der Waals surface area contributed by atoms with Gasteiger partial charge in [-0.1, -0.05) is 121 Å². The van der Waals surface area contributed by atoms with Gasteiger partial charge in [0.1, 0.15) is 0 Å². The van der Waals surface area contributed by atoms with E-state index in [1.54, 1.807) is 0 Å². The predicted molar refractivity (Wildman–Crippen MR) is 180 cm³/mol. The van der Waals surface area contributed by atoms with Crippen molar-refractivity contribution in [3.05, 3.63) is 58.7 Å². The molecule has 6 atom stereocenters. The van der Waals surface area contributed by atoms with E-state index in [0.29, 0.717) is 35.5 Å². The Morgan fingerprint density at radius 3 is 0.907 bits per heavy atom. The summed E-state index contributed by atoms with van der Waals surface area (Å²) in [4.78, 5) is 0. The van der Waals surface area contributed by atoms with Gasteiger partial charge in [-0.25, -0.2) is 0 Å². The molecular formula is C34H57Cl2MnN6-. The summed E-state index contributed by atoms with van der Waals surface area (Å²) in [5.41, 5.74) is 7.15. The van der Waals surface area contributed by atoms with E-state index in [2.05, 4.69) is 115 Å². The van der Waals surface area contributed by atoms with Gasteiger partial charge in [-0.15, -0.1) is 0 Å². The fourth-order valence-electron chi connectivity index (χ4n) is 5.02. The standard InChI is InChI=1S/C34H57N6.2ClH.Mn/c1-13-22(7)28-19-31(25(10)16-4)38(35-28)34(39-32(26(11)17-5)20-29(36-39)23(8)14-2)40-33(27(12)18-6)21-30(37-40)24(9)15-3;;;/h19-27H,13-18H2,1-12H3;2*1H;/q-1;;;+2/p-2. The molecule has 0 saturated heterocycles. The monoisotopic (exact) mass is 674 g/mol. The molecule has 0 amide bonds. The van der Waals surface area contributed by atoms with E-state index in [0.717, 1.165) is 61.9 Å². The third kappa shape index (κ3) is 8.87. The van der Waals surface area contributed by atoms with Gasteiger partial charge in [0.2, 0.25) is 0 Å². The molecule has 3 heterocycles. The molecule has 3 rings (SSSR count). The summed E-state index contributed by atoms with van der Waals surface area (Å²) < 4.78 is 6.61. The quantitative estimate of drug-likeness (QED) is 0.119. The molecule has 0 aliphatic rings. The molecule has 0 spiro atoms. The minimum atomic E-state index is 0.00694. The third-order valence-electron chi connectivity index (χ3n) is 9.54. The van der Waals surface area contributed by atoms with Crippen molar-refractivity contribution < 1.29 is 13.1 Å². The number of hydrogen-bond donors (Lipinski definition) is 0. The van der Waals surface area contributed by atoms with Gasteiger partial charge in [-0.05, 0) is 71.9 Å². The second-order valence-corrected chi connectivity index (χ2v) is 14.4. The summed E-state index contributed by atoms with van der Waals surface area (Å²) in [6, 6.07) is 7.02. The van der Waals surface area contributed by atoms with Crippen molar-refractivity contribution in [2.24, 2.45) is 0 Å². The van der Waals surface area contributed by atoms with E-state index in [1.165, 1.54) is 17.1 Å². The van der Waals surface area contributed by atoms with Crippen molar-refractivity contribution in [3.8, 4) is 0 Å². The second-order valence-electron chi connectivity index (χ2n) is 12.4. The van der Waals surface area contributed by atoms with Gasteiger partial charge >= 0.3 is 33.3 Å². The fraction of sp³-hybridized carbons (Fsp3) is 0.706. The van der Waals surface area contributed by atoms with Crippen LogP contribution in [0.5, 0.6) is 0 Å². The molecule has 0 aromatic carbocycles. The van der Waals surface area contributed by atoms with E-state index in [4.69, 9.17) is 35.5 Å². The predicted octanol–water partition coefficient (Wildman–Crippen LogP) is 11.1. The molecule has 43 heavy (non-hydrogen) atoms. The summed E-state index contributed by atoms with van der Waals surface area (Å²) in [5, 5.41) is 16.1. The van der Waals surface area contributed by atoms with Crippen molar-refractivity contribution in [1.29, 1.82) is 0 Å². The van der Waals surface area contributed by atoms with Crippen LogP contribution < -0.4 is 0 Å². The molecule has 0 radical (unpaired) electrons. The molecule has 3 aromatic rings. The van der Waals surface area contributed by atoms with Crippen molar-refractivity contribution in [3.63, 3.8) is 0 Å². The first kappa shape index (κ1) is 37.8. The fourth-order valence-corrected chi connectivity index (χ4v) is 5.02. The topological polar surface area (TPSA) is 53.5 Å². The molecule has 0 fully saturated rings. The Hall–Kier alpha value is -1.40. The summed E-state index contributed by atoms with van der Waals surface area (Å²) in [5.74, 6) is 2.22. The van der Waals surface area contributed by atoms with Crippen LogP contribution in [0.2, 0.25) is 0 Å². The van der Waals surface area contributed by atoms with Crippen molar-refractivity contribution in [1.82, 2.24) is 29.3 Å². The molecule has 6 nitrogen and oxygen atoms in total. The van der Waals surface area contributed by atoms with Gasteiger partial charge in [0, 0.05) is 0 Å². The minimum absolute atomic E-state index is 0.00694. The molecular weight excluding hydrogens is 618 g/mol. The van der Waals surface area contributed by atoms with Crippen LogP contribution in [-0.2, 0) is 13.1 Å². The van der Waals surface area contributed by atoms with E-state index in [1.807, 2.05) is 0 Å². The Labute approximate surface area is 277 Å². The van der Waals surface area contributed by atoms with Gasteiger partial charge in [0.15, 0.2) is 6.29 Å². The summed E-state index contributed by atoms with van der Waals surface area (Å²) in [6.45, 7) is 27.3. The Kier molecular flexibility index (Phi) is 15.7. The molecule has 3 aromatic heterocycles. The maximum absolute atomic E-state index is 5.36. The average molecular weight is 676 g/mol. The van der Waals surface area contributed by atoms with Crippen LogP contribution in [0.15, 0.2) is 18.2 Å². The van der Waals surface area contributed by atoms with Crippen LogP contribution in [-0.4, -0.2) is 29.3 Å². The zero-order valence-electron chi connectivity index (χ0n) is 28.8. The van der Waals surface area contributed by atoms with Crippen molar-refractivity contribution in [2.75, 3.05) is 0 Å². The normalized spacial score (nSPS) is 15.8. The van der Waals surface area contributed by atoms with Gasteiger partial charge < -0.3 is 0 Å². The number of nitrogens with zero attached hydrogens (tertiary/aromatic N) is 6. The zero-order chi connectivity index (χ0) is 32.4. The van der Waals surface area contributed by atoms with Crippen molar-refractivity contribution >= 4 is 20.2 Å². The molecule has 0 N–H and O–H groups in total. The molecule has 9 heteroatoms. The molecule has 0 aliphatic heterocycles. The first-order valence-electron chi connectivity index (χ1n) is 16.5. The van der Waals surface area contributed by atoms with E-state index >= 15 is 0 Å². The zero-order valence-corrected chi connectivity index (χ0v) is 31.4. The number of rotatable bonds is 15. The Bertz CT molecular complexity index is 1090. The van der Waals surface area contributed by atoms with E-state index in [-0.39, 0.29) is 13.1 Å². The average Bonchev–Trinajstić information content (AvgIpc) is 3.77. The Morgan fingerprint density at radius 1 is 0.512 bits per heavy atom. The summed E-state index contributed by atoms with van der Waals surface area (Å²) >= 11 is 0.00694. The number of halogens is 2. The van der Waals surface area contributed by atoms with Gasteiger partial charge in [0.05, 0.1) is 17.1 Å². The van der Waals surface area contributed by atoms with Crippen LogP contribution in [0, 0.1) is 6.29 Å². The van der Waals surface area contributed by atoms with E-state index in [9.17, 15) is 0 Å². The maximum atomic E-state index is 5.36. The number of aromatic nitrogens is 6. The Balaban J connectivity index is 0.00000206. The third-order valence-corrected chi connectivity index (χ3v) is 9.54. The summed E-state index contributed by atoms with van der Waals surface area (Å²) in [6.07, 6.45) is 7.24. The van der Waals surface area contributed by atoms with E-state index < -0.39 is 0 Å². The first-order chi connectivity index (χ1) is 20.5. The molecule has 245 valence electrons. The SMILES string of the molecule is CCC(C)c1cc(C(C)CC)n([C-](n2nc(C(C)CC)cc2C(C)CC)n2nc(C(C)CC)cc2C(C)CC)n1.[Cl][Mn][Cl]. The molecule has 0 aliphatic carbocycles. The van der Waals surface area contributed by atoms with Crippen molar-refractivity contribution in [2.45, 2.75) is 157 Å². The second kappa shape index (κ2) is 17.9. The molecule has 0 saturated carbocycles. The number of hydrogen-bond acceptors (Lipinski definition) is 3.